The number of benzene rings is 1. The molecule has 1 aromatic carbocycles. The van der Waals surface area contributed by atoms with Crippen LogP contribution >= 0.6 is 0 Å². The number of ether oxygens (including phenoxy) is 2. The van der Waals surface area contributed by atoms with Gasteiger partial charge in [-0.1, -0.05) is 6.07 Å². The molecule has 1 atom stereocenters. The molecule has 0 saturated carbocycles. The van der Waals surface area contributed by atoms with Crippen LogP contribution in [0.5, 0.6) is 11.5 Å². The molecule has 2 N–H and O–H groups in total. The van der Waals surface area contributed by atoms with Gasteiger partial charge in [-0.25, -0.2) is 0 Å². The zero-order chi connectivity index (χ0) is 15.8. The van der Waals surface area contributed by atoms with E-state index in [0.29, 0.717) is 19.4 Å². The van der Waals surface area contributed by atoms with Gasteiger partial charge in [0.25, 0.3) is 0 Å². The highest BCUT2D eigenvalue weighted by Crippen LogP contribution is 2.26. The fourth-order valence-corrected chi connectivity index (χ4v) is 1.94. The van der Waals surface area contributed by atoms with E-state index in [-0.39, 0.29) is 11.9 Å². The number of carbonyl (C=O) groups is 1. The number of hydrogen-bond acceptors (Lipinski definition) is 4. The summed E-state index contributed by atoms with van der Waals surface area (Å²) in [5, 5.41) is 0. The highest BCUT2D eigenvalue weighted by Gasteiger charge is 2.09. The largest absolute Gasteiger partial charge is 0.497 e. The molecular weight excluding hydrogens is 268 g/mol. The van der Waals surface area contributed by atoms with Gasteiger partial charge in [-0.15, -0.1) is 0 Å². The predicted octanol–water partition coefficient (Wildman–Crippen LogP) is 1.83. The molecule has 5 nitrogen and oxygen atoms in total. The molecule has 0 bridgehead atoms. The predicted molar refractivity (Wildman–Crippen MR) is 83.8 cm³/mol. The summed E-state index contributed by atoms with van der Waals surface area (Å²) < 4.78 is 11.0. The minimum atomic E-state index is 0.0658. The molecule has 0 aliphatic rings. The van der Waals surface area contributed by atoms with E-state index in [4.69, 9.17) is 15.2 Å². The number of methoxy groups -OCH3 is 1. The second-order valence-corrected chi connectivity index (χ2v) is 5.40. The number of rotatable bonds is 8. The normalized spacial score (nSPS) is 11.9. The fraction of sp³-hybridized carbons (Fsp3) is 0.562. The Kier molecular flexibility index (Phi) is 7.02. The Bertz CT molecular complexity index is 459. The Morgan fingerprint density at radius 2 is 2.10 bits per heavy atom. The maximum Gasteiger partial charge on any atom is 0.222 e. The first-order chi connectivity index (χ1) is 9.93. The lowest BCUT2D eigenvalue weighted by atomic mass is 10.1. The van der Waals surface area contributed by atoms with Crippen LogP contribution in [0.25, 0.3) is 0 Å². The van der Waals surface area contributed by atoms with Gasteiger partial charge in [0.1, 0.15) is 11.5 Å². The van der Waals surface area contributed by atoms with Crippen molar-refractivity contribution >= 4 is 5.91 Å². The van der Waals surface area contributed by atoms with Crippen LogP contribution in [0, 0.1) is 0 Å². The summed E-state index contributed by atoms with van der Waals surface area (Å²) >= 11 is 0. The fourth-order valence-electron chi connectivity index (χ4n) is 1.94. The molecule has 0 aliphatic heterocycles. The van der Waals surface area contributed by atoms with Crippen molar-refractivity contribution in [2.45, 2.75) is 32.2 Å². The van der Waals surface area contributed by atoms with Crippen molar-refractivity contribution in [1.82, 2.24) is 4.90 Å². The molecule has 118 valence electrons. The lowest BCUT2D eigenvalue weighted by molar-refractivity contribution is -0.128. The molecule has 5 heteroatoms. The summed E-state index contributed by atoms with van der Waals surface area (Å²) in [5.74, 6) is 1.65. The summed E-state index contributed by atoms with van der Waals surface area (Å²) in [6.45, 7) is 2.46. The van der Waals surface area contributed by atoms with Gasteiger partial charge in [0.2, 0.25) is 5.91 Å². The lowest BCUT2D eigenvalue weighted by Gasteiger charge is -2.15. The standard InChI is InChI=1S/C16H26N2O3/c1-12(17)10-13-7-8-14(20-4)11-15(13)21-9-5-6-16(19)18(2)3/h7-8,11-12H,5-6,9-10,17H2,1-4H3. The SMILES string of the molecule is COc1ccc(CC(C)N)c(OCCCC(=O)N(C)C)c1. The van der Waals surface area contributed by atoms with Crippen LogP contribution in [-0.2, 0) is 11.2 Å². The molecule has 21 heavy (non-hydrogen) atoms. The van der Waals surface area contributed by atoms with Gasteiger partial charge in [-0.3, -0.25) is 4.79 Å². The Hall–Kier alpha value is -1.75. The van der Waals surface area contributed by atoms with E-state index in [2.05, 4.69) is 0 Å². The van der Waals surface area contributed by atoms with Crippen LogP contribution in [0.3, 0.4) is 0 Å². The van der Waals surface area contributed by atoms with Gasteiger partial charge in [0, 0.05) is 32.6 Å². The van der Waals surface area contributed by atoms with Crippen molar-refractivity contribution in [3.63, 3.8) is 0 Å². The van der Waals surface area contributed by atoms with Gasteiger partial charge < -0.3 is 20.1 Å². The number of nitrogens with zero attached hydrogens (tertiary/aromatic N) is 1. The zero-order valence-corrected chi connectivity index (χ0v) is 13.4. The molecule has 1 aromatic rings. The van der Waals surface area contributed by atoms with Gasteiger partial charge >= 0.3 is 0 Å². The second-order valence-electron chi connectivity index (χ2n) is 5.40. The summed E-state index contributed by atoms with van der Waals surface area (Å²) in [7, 11) is 5.14. The third kappa shape index (κ3) is 6.04. The molecule has 0 radical (unpaired) electrons. The monoisotopic (exact) mass is 294 g/mol. The smallest absolute Gasteiger partial charge is 0.222 e. The molecule has 1 rings (SSSR count). The minimum absolute atomic E-state index is 0.0658. The van der Waals surface area contributed by atoms with Crippen LogP contribution < -0.4 is 15.2 Å². The van der Waals surface area contributed by atoms with E-state index in [9.17, 15) is 4.79 Å². The van der Waals surface area contributed by atoms with Gasteiger partial charge in [0.15, 0.2) is 0 Å². The quantitative estimate of drug-likeness (QED) is 0.743. The summed E-state index contributed by atoms with van der Waals surface area (Å²) in [4.78, 5) is 13.1. The maximum absolute atomic E-state index is 11.5. The first-order valence-electron chi connectivity index (χ1n) is 7.19. The van der Waals surface area contributed by atoms with E-state index < -0.39 is 0 Å². The highest BCUT2D eigenvalue weighted by molar-refractivity contribution is 5.75. The van der Waals surface area contributed by atoms with Crippen LogP contribution in [0.15, 0.2) is 18.2 Å². The first-order valence-corrected chi connectivity index (χ1v) is 7.19. The lowest BCUT2D eigenvalue weighted by Crippen LogP contribution is -2.22. The van der Waals surface area contributed by atoms with Gasteiger partial charge in [0.05, 0.1) is 13.7 Å². The Labute approximate surface area is 127 Å². The molecule has 1 amide bonds. The maximum atomic E-state index is 11.5. The summed E-state index contributed by atoms with van der Waals surface area (Å²) in [6.07, 6.45) is 1.92. The van der Waals surface area contributed by atoms with Crippen LogP contribution in [-0.4, -0.2) is 44.7 Å². The van der Waals surface area contributed by atoms with Crippen molar-refractivity contribution in [3.8, 4) is 11.5 Å². The number of carbonyl (C=O) groups excluding carboxylic acids is 1. The molecule has 0 fully saturated rings. The average molecular weight is 294 g/mol. The zero-order valence-electron chi connectivity index (χ0n) is 13.4. The number of hydrogen-bond donors (Lipinski definition) is 1. The van der Waals surface area contributed by atoms with E-state index >= 15 is 0 Å². The molecular formula is C16H26N2O3. The Balaban J connectivity index is 2.60. The van der Waals surface area contributed by atoms with Crippen molar-refractivity contribution in [2.24, 2.45) is 5.73 Å². The van der Waals surface area contributed by atoms with Crippen molar-refractivity contribution in [2.75, 3.05) is 27.8 Å². The van der Waals surface area contributed by atoms with Crippen LogP contribution in [0.1, 0.15) is 25.3 Å². The number of nitrogens with two attached hydrogens (primary N) is 1. The van der Waals surface area contributed by atoms with Crippen LogP contribution in [0.4, 0.5) is 0 Å². The average Bonchev–Trinajstić information content (AvgIpc) is 2.43. The van der Waals surface area contributed by atoms with Crippen LogP contribution in [0.2, 0.25) is 0 Å². The van der Waals surface area contributed by atoms with Gasteiger partial charge in [-0.05, 0) is 31.4 Å². The van der Waals surface area contributed by atoms with Crippen molar-refractivity contribution in [1.29, 1.82) is 0 Å². The summed E-state index contributed by atoms with van der Waals surface area (Å²) in [5.41, 5.74) is 6.91. The number of amides is 1. The van der Waals surface area contributed by atoms with Gasteiger partial charge in [-0.2, -0.15) is 0 Å². The Morgan fingerprint density at radius 1 is 1.38 bits per heavy atom. The van der Waals surface area contributed by atoms with Crippen molar-refractivity contribution in [3.05, 3.63) is 23.8 Å². The molecule has 0 aliphatic carbocycles. The molecule has 0 aromatic heterocycles. The molecule has 1 unspecified atom stereocenters. The molecule has 0 heterocycles. The molecule has 0 spiro atoms. The topological polar surface area (TPSA) is 64.8 Å². The third-order valence-corrected chi connectivity index (χ3v) is 3.11. The minimum Gasteiger partial charge on any atom is -0.497 e. The van der Waals surface area contributed by atoms with E-state index in [0.717, 1.165) is 23.5 Å². The molecule has 0 saturated heterocycles. The Morgan fingerprint density at radius 3 is 2.67 bits per heavy atom. The second kappa shape index (κ2) is 8.52. The van der Waals surface area contributed by atoms with E-state index in [1.807, 2.05) is 25.1 Å². The third-order valence-electron chi connectivity index (χ3n) is 3.11. The highest BCUT2D eigenvalue weighted by atomic mass is 16.5. The van der Waals surface area contributed by atoms with E-state index in [1.165, 1.54) is 0 Å². The van der Waals surface area contributed by atoms with E-state index in [1.54, 1.807) is 26.1 Å². The van der Waals surface area contributed by atoms with Crippen molar-refractivity contribution < 1.29 is 14.3 Å². The summed E-state index contributed by atoms with van der Waals surface area (Å²) in [6, 6.07) is 5.81. The first kappa shape index (κ1) is 17.3.